The largest absolute Gasteiger partial charge is 0.321 e. The highest BCUT2D eigenvalue weighted by atomic mass is 35.5. The molecule has 2 aromatic rings. The predicted octanol–water partition coefficient (Wildman–Crippen LogP) is 4.81. The molecule has 0 spiro atoms. The normalized spacial score (nSPS) is 10.2. The minimum Gasteiger partial charge on any atom is -0.321 e. The lowest BCUT2D eigenvalue weighted by Crippen LogP contribution is -2.13. The Balaban J connectivity index is 2.28. The highest BCUT2D eigenvalue weighted by Gasteiger charge is 2.15. The Hall–Kier alpha value is -1.82. The second-order valence-electron chi connectivity index (χ2n) is 3.98. The number of benzene rings is 2. The van der Waals surface area contributed by atoms with Gasteiger partial charge in [0.2, 0.25) is 0 Å². The summed E-state index contributed by atoms with van der Waals surface area (Å²) in [6.07, 6.45) is 0. The number of nitro benzene ring substituents is 1. The maximum Gasteiger partial charge on any atom is 0.271 e. The van der Waals surface area contributed by atoms with Crippen LogP contribution in [0, 0.1) is 10.1 Å². The summed E-state index contributed by atoms with van der Waals surface area (Å²) in [7, 11) is 0. The fraction of sp³-hybridized carbons (Fsp3) is 0. The van der Waals surface area contributed by atoms with Crippen molar-refractivity contribution in [1.82, 2.24) is 0 Å². The number of hydrogen-bond donors (Lipinski definition) is 1. The minimum absolute atomic E-state index is 0.0516. The third-order valence-corrected chi connectivity index (χ3v) is 3.74. The molecule has 0 aliphatic rings. The molecule has 0 radical (unpaired) electrons. The molecule has 1 amide bonds. The standard InChI is InChI=1S/C13H7Cl3N2O3/c14-9-3-1-2-8(12(9)16)13(19)17-11-5-4-7(18(20)21)6-10(11)15/h1-6H,(H,17,19). The molecule has 5 nitrogen and oxygen atoms in total. The summed E-state index contributed by atoms with van der Waals surface area (Å²) < 4.78 is 0. The number of amides is 1. The molecule has 0 unspecified atom stereocenters. The first-order valence-electron chi connectivity index (χ1n) is 5.59. The van der Waals surface area contributed by atoms with Crippen LogP contribution < -0.4 is 5.32 Å². The molecule has 0 saturated heterocycles. The zero-order chi connectivity index (χ0) is 15.6. The molecule has 0 fully saturated rings. The van der Waals surface area contributed by atoms with Crippen molar-refractivity contribution < 1.29 is 9.72 Å². The lowest BCUT2D eigenvalue weighted by atomic mass is 10.2. The van der Waals surface area contributed by atoms with Crippen molar-refractivity contribution in [2.75, 3.05) is 5.32 Å². The lowest BCUT2D eigenvalue weighted by Gasteiger charge is -2.09. The van der Waals surface area contributed by atoms with Crippen LogP contribution in [0.15, 0.2) is 36.4 Å². The minimum atomic E-state index is -0.578. The fourth-order valence-corrected chi connectivity index (χ4v) is 2.20. The molecule has 0 saturated carbocycles. The van der Waals surface area contributed by atoms with Gasteiger partial charge >= 0.3 is 0 Å². The summed E-state index contributed by atoms with van der Waals surface area (Å²) in [4.78, 5) is 22.2. The number of nitrogens with zero attached hydrogens (tertiary/aromatic N) is 1. The van der Waals surface area contributed by atoms with E-state index in [1.165, 1.54) is 18.2 Å². The van der Waals surface area contributed by atoms with Crippen molar-refractivity contribution in [2.24, 2.45) is 0 Å². The first kappa shape index (κ1) is 15.6. The summed E-state index contributed by atoms with van der Waals surface area (Å²) >= 11 is 17.7. The van der Waals surface area contributed by atoms with Gasteiger partial charge in [-0.05, 0) is 18.2 Å². The van der Waals surface area contributed by atoms with E-state index in [1.807, 2.05) is 0 Å². The molecular formula is C13H7Cl3N2O3. The van der Waals surface area contributed by atoms with Crippen molar-refractivity contribution >= 4 is 52.1 Å². The van der Waals surface area contributed by atoms with Crippen molar-refractivity contribution in [1.29, 1.82) is 0 Å². The van der Waals surface area contributed by atoms with E-state index in [0.717, 1.165) is 6.07 Å². The van der Waals surface area contributed by atoms with Crippen LogP contribution in [0.3, 0.4) is 0 Å². The maximum atomic E-state index is 12.1. The Kier molecular flexibility index (Phi) is 4.67. The van der Waals surface area contributed by atoms with Gasteiger partial charge in [0.25, 0.3) is 11.6 Å². The van der Waals surface area contributed by atoms with E-state index in [-0.39, 0.29) is 32.0 Å². The number of anilines is 1. The summed E-state index contributed by atoms with van der Waals surface area (Å²) in [5, 5.41) is 13.6. The van der Waals surface area contributed by atoms with Gasteiger partial charge in [-0.2, -0.15) is 0 Å². The molecule has 2 rings (SSSR count). The SMILES string of the molecule is O=C(Nc1ccc([N+](=O)[O-])cc1Cl)c1cccc(Cl)c1Cl. The molecule has 1 N–H and O–H groups in total. The van der Waals surface area contributed by atoms with Crippen molar-refractivity contribution in [3.63, 3.8) is 0 Å². The van der Waals surface area contributed by atoms with Crippen LogP contribution in [0.5, 0.6) is 0 Å². The molecule has 0 aliphatic carbocycles. The third kappa shape index (κ3) is 3.44. The van der Waals surface area contributed by atoms with Crippen molar-refractivity contribution in [3.05, 3.63) is 67.1 Å². The smallest absolute Gasteiger partial charge is 0.271 e. The number of nitro groups is 1. The monoisotopic (exact) mass is 344 g/mol. The van der Waals surface area contributed by atoms with Gasteiger partial charge in [-0.25, -0.2) is 0 Å². The molecule has 0 aromatic heterocycles. The highest BCUT2D eigenvalue weighted by Crippen LogP contribution is 2.29. The average Bonchev–Trinajstić information content (AvgIpc) is 2.43. The topological polar surface area (TPSA) is 72.2 Å². The first-order valence-corrected chi connectivity index (χ1v) is 6.73. The Morgan fingerprint density at radius 3 is 2.43 bits per heavy atom. The zero-order valence-corrected chi connectivity index (χ0v) is 12.5. The van der Waals surface area contributed by atoms with Gasteiger partial charge in [-0.15, -0.1) is 0 Å². The van der Waals surface area contributed by atoms with E-state index < -0.39 is 10.8 Å². The van der Waals surface area contributed by atoms with Gasteiger partial charge in [-0.1, -0.05) is 40.9 Å². The maximum absolute atomic E-state index is 12.1. The summed E-state index contributed by atoms with van der Waals surface area (Å²) in [6, 6.07) is 8.37. The van der Waals surface area contributed by atoms with Crippen LogP contribution in [0.2, 0.25) is 15.1 Å². The molecule has 108 valence electrons. The number of hydrogen-bond acceptors (Lipinski definition) is 3. The molecule has 0 heterocycles. The molecule has 21 heavy (non-hydrogen) atoms. The van der Waals surface area contributed by atoms with E-state index in [4.69, 9.17) is 34.8 Å². The molecule has 0 bridgehead atoms. The molecule has 0 aliphatic heterocycles. The molecular weight excluding hydrogens is 339 g/mol. The Labute approximate surface area is 134 Å². The lowest BCUT2D eigenvalue weighted by molar-refractivity contribution is -0.384. The van der Waals surface area contributed by atoms with Crippen LogP contribution in [-0.2, 0) is 0 Å². The highest BCUT2D eigenvalue weighted by molar-refractivity contribution is 6.44. The van der Waals surface area contributed by atoms with Crippen LogP contribution in [0.25, 0.3) is 0 Å². The van der Waals surface area contributed by atoms with Gasteiger partial charge < -0.3 is 5.32 Å². The zero-order valence-electron chi connectivity index (χ0n) is 10.3. The number of halogens is 3. The van der Waals surface area contributed by atoms with E-state index in [0.29, 0.717) is 0 Å². The van der Waals surface area contributed by atoms with E-state index >= 15 is 0 Å². The van der Waals surface area contributed by atoms with Gasteiger partial charge in [0.15, 0.2) is 0 Å². The number of carbonyl (C=O) groups excluding carboxylic acids is 1. The van der Waals surface area contributed by atoms with E-state index in [1.54, 1.807) is 12.1 Å². The molecule has 0 atom stereocenters. The summed E-state index contributed by atoms with van der Waals surface area (Å²) in [6.45, 7) is 0. The number of non-ortho nitro benzene ring substituents is 1. The van der Waals surface area contributed by atoms with E-state index in [2.05, 4.69) is 5.32 Å². The average molecular weight is 346 g/mol. The number of carbonyl (C=O) groups is 1. The van der Waals surface area contributed by atoms with Gasteiger partial charge in [0.1, 0.15) is 0 Å². The summed E-state index contributed by atoms with van der Waals surface area (Å²) in [5.41, 5.74) is 0.251. The Morgan fingerprint density at radius 2 is 1.81 bits per heavy atom. The second kappa shape index (κ2) is 6.30. The van der Waals surface area contributed by atoms with Crippen LogP contribution >= 0.6 is 34.8 Å². The molecule has 8 heteroatoms. The number of rotatable bonds is 3. The van der Waals surface area contributed by atoms with Gasteiger partial charge in [-0.3, -0.25) is 14.9 Å². The van der Waals surface area contributed by atoms with Crippen LogP contribution in [0.4, 0.5) is 11.4 Å². The fourth-order valence-electron chi connectivity index (χ4n) is 1.59. The summed E-state index contributed by atoms with van der Waals surface area (Å²) in [5.74, 6) is -0.516. The quantitative estimate of drug-likeness (QED) is 0.641. The molecule has 2 aromatic carbocycles. The van der Waals surface area contributed by atoms with Gasteiger partial charge in [0, 0.05) is 12.1 Å². The Bertz CT molecular complexity index is 735. The van der Waals surface area contributed by atoms with Crippen LogP contribution in [0.1, 0.15) is 10.4 Å². The second-order valence-corrected chi connectivity index (χ2v) is 5.17. The third-order valence-electron chi connectivity index (χ3n) is 2.61. The first-order chi connectivity index (χ1) is 9.90. The predicted molar refractivity (Wildman–Crippen MR) is 82.5 cm³/mol. The van der Waals surface area contributed by atoms with E-state index in [9.17, 15) is 14.9 Å². The number of nitrogens with one attached hydrogen (secondary N) is 1. The Morgan fingerprint density at radius 1 is 1.10 bits per heavy atom. The van der Waals surface area contributed by atoms with Crippen LogP contribution in [-0.4, -0.2) is 10.8 Å². The van der Waals surface area contributed by atoms with Crippen molar-refractivity contribution in [3.8, 4) is 0 Å². The van der Waals surface area contributed by atoms with Gasteiger partial charge in [0.05, 0.1) is 31.2 Å². The van der Waals surface area contributed by atoms with Crippen molar-refractivity contribution in [2.45, 2.75) is 0 Å².